The van der Waals surface area contributed by atoms with Gasteiger partial charge in [-0.25, -0.2) is 0 Å². The monoisotopic (exact) mass is 318 g/mol. The molecule has 3 heteroatoms. The van der Waals surface area contributed by atoms with Crippen LogP contribution in [0.5, 0.6) is 11.5 Å². The summed E-state index contributed by atoms with van der Waals surface area (Å²) in [6.45, 7) is 4.29. The molecule has 0 spiro atoms. The average molecular weight is 319 g/mol. The molecule has 2 nitrogen and oxygen atoms in total. The molecule has 98 valence electrons. The van der Waals surface area contributed by atoms with Crippen LogP contribution in [0.15, 0.2) is 53.5 Å². The Morgan fingerprint density at radius 1 is 1.16 bits per heavy atom. The van der Waals surface area contributed by atoms with Crippen molar-refractivity contribution in [2.75, 3.05) is 7.11 Å². The van der Waals surface area contributed by atoms with E-state index in [2.05, 4.69) is 22.5 Å². The standard InChI is InChI=1S/C16H15BrO2/c1-3-13-5-4-6-15(16(13)17)19-11-12-7-9-14(18-2)10-8-12/h3-10H,1,11H2,2H3. The van der Waals surface area contributed by atoms with Crippen LogP contribution in [0.4, 0.5) is 0 Å². The molecule has 0 heterocycles. The molecule has 2 aromatic rings. The molecular weight excluding hydrogens is 304 g/mol. The first-order chi connectivity index (χ1) is 9.24. The zero-order valence-corrected chi connectivity index (χ0v) is 12.3. The fourth-order valence-electron chi connectivity index (χ4n) is 1.68. The predicted molar refractivity (Wildman–Crippen MR) is 81.6 cm³/mol. The summed E-state index contributed by atoms with van der Waals surface area (Å²) >= 11 is 3.52. The zero-order valence-electron chi connectivity index (χ0n) is 10.7. The lowest BCUT2D eigenvalue weighted by atomic mass is 10.2. The van der Waals surface area contributed by atoms with Crippen molar-refractivity contribution in [1.82, 2.24) is 0 Å². The second-order valence-electron chi connectivity index (χ2n) is 4.00. The Hall–Kier alpha value is -1.74. The Morgan fingerprint density at radius 3 is 2.53 bits per heavy atom. The molecule has 0 aliphatic carbocycles. The number of methoxy groups -OCH3 is 1. The van der Waals surface area contributed by atoms with Crippen molar-refractivity contribution in [2.24, 2.45) is 0 Å². The minimum atomic E-state index is 0.517. The molecule has 0 atom stereocenters. The molecule has 0 radical (unpaired) electrons. The third kappa shape index (κ3) is 3.38. The number of ether oxygens (including phenoxy) is 2. The van der Waals surface area contributed by atoms with Crippen LogP contribution in [0.3, 0.4) is 0 Å². The van der Waals surface area contributed by atoms with Crippen molar-refractivity contribution < 1.29 is 9.47 Å². The van der Waals surface area contributed by atoms with Gasteiger partial charge in [0.1, 0.15) is 18.1 Å². The molecule has 19 heavy (non-hydrogen) atoms. The average Bonchev–Trinajstić information content (AvgIpc) is 2.47. The Balaban J connectivity index is 2.07. The van der Waals surface area contributed by atoms with E-state index in [-0.39, 0.29) is 0 Å². The highest BCUT2D eigenvalue weighted by Gasteiger charge is 2.04. The van der Waals surface area contributed by atoms with Crippen LogP contribution >= 0.6 is 15.9 Å². The van der Waals surface area contributed by atoms with Crippen LogP contribution in [-0.4, -0.2) is 7.11 Å². The zero-order chi connectivity index (χ0) is 13.7. The van der Waals surface area contributed by atoms with Crippen LogP contribution in [-0.2, 0) is 6.61 Å². The second-order valence-corrected chi connectivity index (χ2v) is 4.79. The van der Waals surface area contributed by atoms with Gasteiger partial charge in [0.15, 0.2) is 0 Å². The molecule has 0 N–H and O–H groups in total. The van der Waals surface area contributed by atoms with Crippen LogP contribution in [0, 0.1) is 0 Å². The third-order valence-corrected chi connectivity index (χ3v) is 3.62. The highest BCUT2D eigenvalue weighted by Crippen LogP contribution is 2.30. The van der Waals surface area contributed by atoms with Gasteiger partial charge in [0.2, 0.25) is 0 Å². The summed E-state index contributed by atoms with van der Waals surface area (Å²) in [4.78, 5) is 0. The fourth-order valence-corrected chi connectivity index (χ4v) is 2.22. The smallest absolute Gasteiger partial charge is 0.134 e. The molecule has 0 amide bonds. The summed E-state index contributed by atoms with van der Waals surface area (Å²) in [5.41, 5.74) is 2.11. The van der Waals surface area contributed by atoms with Gasteiger partial charge >= 0.3 is 0 Å². The summed E-state index contributed by atoms with van der Waals surface area (Å²) < 4.78 is 11.9. The molecule has 2 aromatic carbocycles. The van der Waals surface area contributed by atoms with Crippen molar-refractivity contribution >= 4 is 22.0 Å². The molecule has 2 rings (SSSR count). The van der Waals surface area contributed by atoms with Crippen LogP contribution in [0.25, 0.3) is 6.08 Å². The Morgan fingerprint density at radius 2 is 1.89 bits per heavy atom. The lowest BCUT2D eigenvalue weighted by molar-refractivity contribution is 0.304. The summed E-state index contributed by atoms with van der Waals surface area (Å²) in [6, 6.07) is 13.7. The number of hydrogen-bond acceptors (Lipinski definition) is 2. The van der Waals surface area contributed by atoms with Gasteiger partial charge in [-0.2, -0.15) is 0 Å². The maximum atomic E-state index is 5.80. The van der Waals surface area contributed by atoms with E-state index in [1.54, 1.807) is 13.2 Å². The van der Waals surface area contributed by atoms with Crippen molar-refractivity contribution in [1.29, 1.82) is 0 Å². The maximum absolute atomic E-state index is 5.80. The summed E-state index contributed by atoms with van der Waals surface area (Å²) in [5.74, 6) is 1.66. The molecule has 0 aromatic heterocycles. The maximum Gasteiger partial charge on any atom is 0.134 e. The molecule has 0 unspecified atom stereocenters. The highest BCUT2D eigenvalue weighted by molar-refractivity contribution is 9.10. The van der Waals surface area contributed by atoms with Gasteiger partial charge in [0, 0.05) is 0 Å². The normalized spacial score (nSPS) is 10.0. The van der Waals surface area contributed by atoms with Gasteiger partial charge in [0.05, 0.1) is 11.6 Å². The predicted octanol–water partition coefficient (Wildman–Crippen LogP) is 4.68. The lowest BCUT2D eigenvalue weighted by Gasteiger charge is -2.10. The molecule has 0 saturated carbocycles. The molecule has 0 aliphatic heterocycles. The minimum absolute atomic E-state index is 0.517. The Kier molecular flexibility index (Phi) is 4.63. The van der Waals surface area contributed by atoms with E-state index in [4.69, 9.17) is 9.47 Å². The van der Waals surface area contributed by atoms with E-state index in [0.717, 1.165) is 27.1 Å². The van der Waals surface area contributed by atoms with E-state index >= 15 is 0 Å². The van der Waals surface area contributed by atoms with Crippen LogP contribution in [0.2, 0.25) is 0 Å². The third-order valence-electron chi connectivity index (χ3n) is 2.77. The van der Waals surface area contributed by atoms with Crippen molar-refractivity contribution in [3.63, 3.8) is 0 Å². The van der Waals surface area contributed by atoms with Crippen molar-refractivity contribution in [3.8, 4) is 11.5 Å². The number of halogens is 1. The fraction of sp³-hybridized carbons (Fsp3) is 0.125. The number of rotatable bonds is 5. The van der Waals surface area contributed by atoms with E-state index < -0.39 is 0 Å². The molecule has 0 aliphatic rings. The van der Waals surface area contributed by atoms with Crippen LogP contribution in [0.1, 0.15) is 11.1 Å². The van der Waals surface area contributed by atoms with E-state index in [9.17, 15) is 0 Å². The quantitative estimate of drug-likeness (QED) is 0.797. The van der Waals surface area contributed by atoms with Crippen molar-refractivity contribution in [2.45, 2.75) is 6.61 Å². The van der Waals surface area contributed by atoms with Gasteiger partial charge in [-0.1, -0.05) is 36.9 Å². The first-order valence-electron chi connectivity index (χ1n) is 5.91. The highest BCUT2D eigenvalue weighted by atomic mass is 79.9. The first-order valence-corrected chi connectivity index (χ1v) is 6.70. The number of benzene rings is 2. The molecular formula is C16H15BrO2. The van der Waals surface area contributed by atoms with E-state index in [1.807, 2.05) is 42.5 Å². The first kappa shape index (κ1) is 13.7. The van der Waals surface area contributed by atoms with Gasteiger partial charge in [-0.3, -0.25) is 0 Å². The van der Waals surface area contributed by atoms with E-state index in [0.29, 0.717) is 6.61 Å². The van der Waals surface area contributed by atoms with Gasteiger partial charge in [0.25, 0.3) is 0 Å². The summed E-state index contributed by atoms with van der Waals surface area (Å²) in [6.07, 6.45) is 1.80. The Bertz CT molecular complexity index is 561. The largest absolute Gasteiger partial charge is 0.497 e. The molecule has 0 bridgehead atoms. The second kappa shape index (κ2) is 6.43. The van der Waals surface area contributed by atoms with Crippen molar-refractivity contribution in [3.05, 3.63) is 64.6 Å². The van der Waals surface area contributed by atoms with Gasteiger partial charge in [-0.15, -0.1) is 0 Å². The topological polar surface area (TPSA) is 18.5 Å². The molecule has 0 saturated heterocycles. The lowest BCUT2D eigenvalue weighted by Crippen LogP contribution is -1.96. The SMILES string of the molecule is C=Cc1cccc(OCc2ccc(OC)cc2)c1Br. The van der Waals surface area contributed by atoms with Gasteiger partial charge in [-0.05, 0) is 45.3 Å². The van der Waals surface area contributed by atoms with Gasteiger partial charge < -0.3 is 9.47 Å². The summed E-state index contributed by atoms with van der Waals surface area (Å²) in [5, 5.41) is 0. The molecule has 0 fully saturated rings. The Labute approximate surface area is 121 Å². The van der Waals surface area contributed by atoms with Crippen LogP contribution < -0.4 is 9.47 Å². The van der Waals surface area contributed by atoms with E-state index in [1.165, 1.54) is 0 Å². The minimum Gasteiger partial charge on any atom is -0.497 e. The number of hydrogen-bond donors (Lipinski definition) is 0. The summed E-state index contributed by atoms with van der Waals surface area (Å²) in [7, 11) is 1.66.